The number of carbonyl (C=O) groups is 1. The van der Waals surface area contributed by atoms with Crippen LogP contribution in [0.3, 0.4) is 0 Å². The molecule has 0 saturated carbocycles. The molecule has 0 N–H and O–H groups in total. The maximum Gasteiger partial charge on any atom is 0.232 e. The number of likely N-dealkylation sites (tertiary alicyclic amines) is 1. The van der Waals surface area contributed by atoms with Crippen molar-refractivity contribution in [2.45, 2.75) is 26.7 Å². The molecule has 76 valence electrons. The summed E-state index contributed by atoms with van der Waals surface area (Å²) in [6.07, 6.45) is 4.39. The summed E-state index contributed by atoms with van der Waals surface area (Å²) in [6.45, 7) is 6.38. The van der Waals surface area contributed by atoms with E-state index in [4.69, 9.17) is 0 Å². The molecule has 0 aliphatic carbocycles. The van der Waals surface area contributed by atoms with Crippen LogP contribution >= 0.6 is 11.8 Å². The first kappa shape index (κ1) is 10.9. The summed E-state index contributed by atoms with van der Waals surface area (Å²) in [7, 11) is 0. The molecule has 1 aliphatic rings. The summed E-state index contributed by atoms with van der Waals surface area (Å²) in [5, 5.41) is 0. The molecule has 1 fully saturated rings. The average Bonchev–Trinajstić information content (AvgIpc) is 2.03. The predicted molar refractivity (Wildman–Crippen MR) is 58.0 cm³/mol. The lowest BCUT2D eigenvalue weighted by molar-refractivity contribution is -0.131. The molecule has 0 aromatic carbocycles. The number of rotatable bonds is 2. The highest BCUT2D eigenvalue weighted by atomic mass is 32.2. The van der Waals surface area contributed by atoms with Crippen molar-refractivity contribution in [2.75, 3.05) is 25.1 Å². The van der Waals surface area contributed by atoms with E-state index >= 15 is 0 Å². The molecule has 1 heterocycles. The Labute approximate surface area is 85.1 Å². The fourth-order valence-corrected chi connectivity index (χ4v) is 2.28. The molecule has 2 nitrogen and oxygen atoms in total. The van der Waals surface area contributed by atoms with E-state index in [9.17, 15) is 4.79 Å². The van der Waals surface area contributed by atoms with Crippen LogP contribution < -0.4 is 0 Å². The van der Waals surface area contributed by atoms with Crippen LogP contribution in [0.15, 0.2) is 0 Å². The van der Waals surface area contributed by atoms with Gasteiger partial charge < -0.3 is 4.90 Å². The molecule has 0 atom stereocenters. The molecule has 0 radical (unpaired) electrons. The lowest BCUT2D eigenvalue weighted by atomic mass is 9.84. The Morgan fingerprint density at radius 3 is 2.77 bits per heavy atom. The van der Waals surface area contributed by atoms with Gasteiger partial charge in [-0.1, -0.05) is 13.8 Å². The highest BCUT2D eigenvalue weighted by Gasteiger charge is 2.28. The Kier molecular flexibility index (Phi) is 3.65. The first-order chi connectivity index (χ1) is 6.05. The smallest absolute Gasteiger partial charge is 0.232 e. The molecule has 1 saturated heterocycles. The number of carbonyl (C=O) groups excluding carboxylic acids is 1. The minimum absolute atomic E-state index is 0.306. The second kappa shape index (κ2) is 4.36. The average molecular weight is 201 g/mol. The molecule has 0 aromatic rings. The van der Waals surface area contributed by atoms with Crippen LogP contribution in [0.5, 0.6) is 0 Å². The highest BCUT2D eigenvalue weighted by molar-refractivity contribution is 7.99. The number of hydrogen-bond donors (Lipinski definition) is 0. The van der Waals surface area contributed by atoms with Gasteiger partial charge in [0, 0.05) is 13.1 Å². The molecule has 3 heteroatoms. The van der Waals surface area contributed by atoms with Crippen LogP contribution in [0.25, 0.3) is 0 Å². The fraction of sp³-hybridized carbons (Fsp3) is 0.900. The van der Waals surface area contributed by atoms with Crippen molar-refractivity contribution < 1.29 is 4.79 Å². The van der Waals surface area contributed by atoms with E-state index in [1.165, 1.54) is 6.42 Å². The lowest BCUT2D eigenvalue weighted by Gasteiger charge is -2.38. The number of thioether (sulfide) groups is 1. The summed E-state index contributed by atoms with van der Waals surface area (Å²) >= 11 is 1.61. The van der Waals surface area contributed by atoms with Gasteiger partial charge in [0.15, 0.2) is 0 Å². The van der Waals surface area contributed by atoms with E-state index in [-0.39, 0.29) is 0 Å². The summed E-state index contributed by atoms with van der Waals surface area (Å²) in [5.41, 5.74) is 0.326. The first-order valence-corrected chi connectivity index (χ1v) is 6.21. The van der Waals surface area contributed by atoms with Gasteiger partial charge in [-0.2, -0.15) is 11.8 Å². The van der Waals surface area contributed by atoms with Gasteiger partial charge in [-0.3, -0.25) is 4.79 Å². The van der Waals surface area contributed by atoms with E-state index in [0.29, 0.717) is 17.1 Å². The zero-order chi connectivity index (χ0) is 9.90. The number of piperidine rings is 1. The van der Waals surface area contributed by atoms with Crippen molar-refractivity contribution in [1.29, 1.82) is 0 Å². The molecule has 13 heavy (non-hydrogen) atoms. The van der Waals surface area contributed by atoms with E-state index in [2.05, 4.69) is 13.8 Å². The third kappa shape index (κ3) is 3.22. The van der Waals surface area contributed by atoms with Crippen molar-refractivity contribution in [2.24, 2.45) is 5.41 Å². The van der Waals surface area contributed by atoms with E-state index < -0.39 is 0 Å². The fourth-order valence-electron chi connectivity index (χ4n) is 1.85. The highest BCUT2D eigenvalue weighted by Crippen LogP contribution is 2.28. The Hall–Kier alpha value is -0.180. The number of hydrogen-bond acceptors (Lipinski definition) is 2. The maximum atomic E-state index is 11.6. The van der Waals surface area contributed by atoms with Gasteiger partial charge in [0.05, 0.1) is 5.75 Å². The van der Waals surface area contributed by atoms with Crippen LogP contribution in [0.1, 0.15) is 26.7 Å². The molecule has 1 amide bonds. The summed E-state index contributed by atoms with van der Waals surface area (Å²) < 4.78 is 0. The van der Waals surface area contributed by atoms with Gasteiger partial charge in [-0.05, 0) is 24.5 Å². The van der Waals surface area contributed by atoms with Crippen LogP contribution in [-0.2, 0) is 4.79 Å². The van der Waals surface area contributed by atoms with E-state index in [1.807, 2.05) is 11.2 Å². The standard InChI is InChI=1S/C10H19NOS/c1-10(2)5-4-6-11(8-10)9(12)7-13-3/h4-8H2,1-3H3. The minimum Gasteiger partial charge on any atom is -0.341 e. The topological polar surface area (TPSA) is 20.3 Å². The number of amides is 1. The van der Waals surface area contributed by atoms with E-state index in [0.717, 1.165) is 19.5 Å². The van der Waals surface area contributed by atoms with Crippen LogP contribution in [0.2, 0.25) is 0 Å². The van der Waals surface area contributed by atoms with Crippen molar-refractivity contribution in [1.82, 2.24) is 4.90 Å². The molecular formula is C10H19NOS. The zero-order valence-corrected chi connectivity index (χ0v) is 9.62. The molecule has 1 aliphatic heterocycles. The molecule has 0 bridgehead atoms. The molecule has 0 unspecified atom stereocenters. The van der Waals surface area contributed by atoms with Gasteiger partial charge in [-0.25, -0.2) is 0 Å². The van der Waals surface area contributed by atoms with Crippen molar-refractivity contribution in [3.63, 3.8) is 0 Å². The summed E-state index contributed by atoms with van der Waals surface area (Å²) in [6, 6.07) is 0. The third-order valence-electron chi connectivity index (χ3n) is 2.52. The predicted octanol–water partition coefficient (Wildman–Crippen LogP) is 2.00. The van der Waals surface area contributed by atoms with Crippen LogP contribution in [0, 0.1) is 5.41 Å². The molecular weight excluding hydrogens is 182 g/mol. The Bertz CT molecular complexity index is 191. The zero-order valence-electron chi connectivity index (χ0n) is 8.80. The molecule has 0 spiro atoms. The third-order valence-corrected chi connectivity index (χ3v) is 3.06. The second-order valence-corrected chi connectivity index (χ2v) is 5.38. The quantitative estimate of drug-likeness (QED) is 0.681. The normalized spacial score (nSPS) is 21.6. The minimum atomic E-state index is 0.306. The van der Waals surface area contributed by atoms with E-state index in [1.54, 1.807) is 11.8 Å². The second-order valence-electron chi connectivity index (χ2n) is 4.52. The monoisotopic (exact) mass is 201 g/mol. The lowest BCUT2D eigenvalue weighted by Crippen LogP contribution is -2.44. The van der Waals surface area contributed by atoms with Gasteiger partial charge >= 0.3 is 0 Å². The number of nitrogens with zero attached hydrogens (tertiary/aromatic N) is 1. The Balaban J connectivity index is 2.47. The largest absolute Gasteiger partial charge is 0.341 e. The maximum absolute atomic E-state index is 11.6. The van der Waals surface area contributed by atoms with Crippen molar-refractivity contribution in [3.05, 3.63) is 0 Å². The SMILES string of the molecule is CSCC(=O)N1CCCC(C)(C)C1. The van der Waals surface area contributed by atoms with Gasteiger partial charge in [0.1, 0.15) is 0 Å². The van der Waals surface area contributed by atoms with Gasteiger partial charge in [0.2, 0.25) is 5.91 Å². The Morgan fingerprint density at radius 1 is 1.54 bits per heavy atom. The molecule has 0 aromatic heterocycles. The van der Waals surface area contributed by atoms with Crippen LogP contribution in [-0.4, -0.2) is 35.9 Å². The van der Waals surface area contributed by atoms with Crippen molar-refractivity contribution in [3.8, 4) is 0 Å². The first-order valence-electron chi connectivity index (χ1n) is 4.82. The van der Waals surface area contributed by atoms with Crippen molar-refractivity contribution >= 4 is 17.7 Å². The Morgan fingerprint density at radius 2 is 2.23 bits per heavy atom. The summed E-state index contributed by atoms with van der Waals surface area (Å²) in [4.78, 5) is 13.6. The summed E-state index contributed by atoms with van der Waals surface area (Å²) in [5.74, 6) is 0.941. The van der Waals surface area contributed by atoms with Gasteiger partial charge in [-0.15, -0.1) is 0 Å². The van der Waals surface area contributed by atoms with Gasteiger partial charge in [0.25, 0.3) is 0 Å². The van der Waals surface area contributed by atoms with Crippen LogP contribution in [0.4, 0.5) is 0 Å². The molecule has 1 rings (SSSR count).